The van der Waals surface area contributed by atoms with E-state index in [0.29, 0.717) is 0 Å². The summed E-state index contributed by atoms with van der Waals surface area (Å²) in [5.41, 5.74) is 5.72. The lowest BCUT2D eigenvalue weighted by Crippen LogP contribution is -2.38. The van der Waals surface area contributed by atoms with Gasteiger partial charge in [0.25, 0.3) is 0 Å². The van der Waals surface area contributed by atoms with Crippen LogP contribution in [0.25, 0.3) is 0 Å². The van der Waals surface area contributed by atoms with Gasteiger partial charge in [0.2, 0.25) is 0 Å². The van der Waals surface area contributed by atoms with E-state index in [0.717, 1.165) is 11.3 Å². The number of hydrogen-bond acceptors (Lipinski definition) is 1. The standard InChI is InChI=1S/C33H50NOPS/c1-32(2,3)26-23-21-25(22-24-26)31(34-37(35)33(4,5)6)29-19-13-14-20-30(29)36(27-15-9-7-10-16-27)28-17-11-8-12-18-28/h13-14,19-24,27-28,31,34H,7-12,15-18H2,1-6H3/t31-,37-/m1/s1. The fourth-order valence-corrected chi connectivity index (χ4v) is 11.0. The lowest BCUT2D eigenvalue weighted by molar-refractivity contribution is 0.487. The lowest BCUT2D eigenvalue weighted by atomic mass is 9.86. The third-order valence-corrected chi connectivity index (χ3v) is 13.5. The summed E-state index contributed by atoms with van der Waals surface area (Å²) in [5.74, 6) is 0. The molecule has 2 atom stereocenters. The average molecular weight is 540 g/mol. The Kier molecular flexibility index (Phi) is 9.74. The van der Waals surface area contributed by atoms with Gasteiger partial charge >= 0.3 is 0 Å². The summed E-state index contributed by atoms with van der Waals surface area (Å²) in [4.78, 5) is 0. The van der Waals surface area contributed by atoms with Gasteiger partial charge in [-0.05, 0) is 85.2 Å². The molecule has 2 nitrogen and oxygen atoms in total. The van der Waals surface area contributed by atoms with Crippen molar-refractivity contribution >= 4 is 24.2 Å². The van der Waals surface area contributed by atoms with Crippen LogP contribution in [-0.2, 0) is 16.4 Å². The zero-order valence-electron chi connectivity index (χ0n) is 24.2. The molecule has 0 saturated heterocycles. The molecule has 0 bridgehead atoms. The second kappa shape index (κ2) is 12.4. The first-order chi connectivity index (χ1) is 17.6. The third kappa shape index (κ3) is 7.34. The summed E-state index contributed by atoms with van der Waals surface area (Å²) < 4.78 is 16.8. The zero-order chi connectivity index (χ0) is 26.6. The quantitative estimate of drug-likeness (QED) is 0.350. The van der Waals surface area contributed by atoms with E-state index in [1.54, 1.807) is 5.30 Å². The van der Waals surface area contributed by atoms with Crippen molar-refractivity contribution in [3.05, 3.63) is 65.2 Å². The van der Waals surface area contributed by atoms with Gasteiger partial charge in [0.15, 0.2) is 0 Å². The molecule has 1 N–H and O–H groups in total. The maximum Gasteiger partial charge on any atom is 0.0979 e. The minimum absolute atomic E-state index is 0.0672. The van der Waals surface area contributed by atoms with Crippen LogP contribution in [-0.4, -0.2) is 20.3 Å². The van der Waals surface area contributed by atoms with Crippen molar-refractivity contribution < 1.29 is 4.21 Å². The minimum atomic E-state index is -1.16. The topological polar surface area (TPSA) is 29.1 Å². The van der Waals surface area contributed by atoms with Crippen LogP contribution in [0.5, 0.6) is 0 Å². The van der Waals surface area contributed by atoms with Gasteiger partial charge in [0, 0.05) is 0 Å². The van der Waals surface area contributed by atoms with Crippen LogP contribution in [0.1, 0.15) is 128 Å². The molecule has 2 fully saturated rings. The van der Waals surface area contributed by atoms with Crippen molar-refractivity contribution in [2.24, 2.45) is 0 Å². The normalized spacial score (nSPS) is 20.2. The molecular formula is C33H50NOPS. The molecule has 4 heteroatoms. The highest BCUT2D eigenvalue weighted by atomic mass is 32.2. The van der Waals surface area contributed by atoms with Crippen LogP contribution in [0.3, 0.4) is 0 Å². The second-order valence-corrected chi connectivity index (χ2v) is 18.1. The lowest BCUT2D eigenvalue weighted by Gasteiger charge is -2.40. The van der Waals surface area contributed by atoms with Crippen LogP contribution in [0.4, 0.5) is 0 Å². The summed E-state index contributed by atoms with van der Waals surface area (Å²) in [6.45, 7) is 13.0. The van der Waals surface area contributed by atoms with E-state index in [9.17, 15) is 4.21 Å². The van der Waals surface area contributed by atoms with Crippen LogP contribution in [0, 0.1) is 0 Å². The molecule has 0 amide bonds. The molecule has 0 unspecified atom stereocenters. The Hall–Kier alpha value is -1.02. The van der Waals surface area contributed by atoms with Gasteiger partial charge in [-0.25, -0.2) is 8.93 Å². The predicted octanol–water partition coefficient (Wildman–Crippen LogP) is 8.90. The highest BCUT2D eigenvalue weighted by Crippen LogP contribution is 2.56. The number of benzene rings is 2. The fraction of sp³-hybridized carbons (Fsp3) is 0.636. The molecule has 2 aromatic rings. The second-order valence-electron chi connectivity index (χ2n) is 13.4. The van der Waals surface area contributed by atoms with E-state index in [4.69, 9.17) is 0 Å². The van der Waals surface area contributed by atoms with Gasteiger partial charge in [-0.1, -0.05) is 116 Å². The number of hydrogen-bond donors (Lipinski definition) is 1. The van der Waals surface area contributed by atoms with Gasteiger partial charge < -0.3 is 0 Å². The SMILES string of the molecule is CC(C)(C)c1ccc([C@@H](N[S@](=O)C(C)(C)C)c2ccccc2P(C2CCCCC2)C2CCCCC2)cc1. The Morgan fingerprint density at radius 2 is 1.27 bits per heavy atom. The van der Waals surface area contributed by atoms with E-state index < -0.39 is 11.0 Å². The van der Waals surface area contributed by atoms with E-state index >= 15 is 0 Å². The summed E-state index contributed by atoms with van der Waals surface area (Å²) >= 11 is 0. The van der Waals surface area contributed by atoms with Gasteiger partial charge in [-0.3, -0.25) is 0 Å². The zero-order valence-corrected chi connectivity index (χ0v) is 25.9. The first-order valence-corrected chi connectivity index (χ1v) is 17.3. The van der Waals surface area contributed by atoms with Gasteiger partial charge in [0.1, 0.15) is 0 Å². The van der Waals surface area contributed by atoms with Crippen molar-refractivity contribution in [2.75, 3.05) is 0 Å². The number of nitrogens with one attached hydrogen (secondary N) is 1. The van der Waals surface area contributed by atoms with Crippen LogP contribution >= 0.6 is 7.92 Å². The van der Waals surface area contributed by atoms with Gasteiger partial charge in [0.05, 0.1) is 21.8 Å². The smallest absolute Gasteiger partial charge is 0.0979 e. The molecule has 2 aliphatic carbocycles. The Bertz CT molecular complexity index is 1010. The predicted molar refractivity (Wildman–Crippen MR) is 165 cm³/mol. The van der Waals surface area contributed by atoms with Crippen molar-refractivity contribution in [1.29, 1.82) is 0 Å². The molecule has 0 aromatic heterocycles. The van der Waals surface area contributed by atoms with Crippen molar-refractivity contribution in [3.63, 3.8) is 0 Å². The molecule has 37 heavy (non-hydrogen) atoms. The monoisotopic (exact) mass is 539 g/mol. The van der Waals surface area contributed by atoms with Crippen LogP contribution in [0.2, 0.25) is 0 Å². The summed E-state index contributed by atoms with van der Waals surface area (Å²) in [6, 6.07) is 18.3. The van der Waals surface area contributed by atoms with Crippen molar-refractivity contribution in [2.45, 2.75) is 133 Å². The van der Waals surface area contributed by atoms with E-state index in [1.165, 1.54) is 80.9 Å². The first kappa shape index (κ1) is 29.0. The summed E-state index contributed by atoms with van der Waals surface area (Å²) in [5, 5.41) is 1.58. The first-order valence-electron chi connectivity index (χ1n) is 14.7. The Labute approximate surface area is 231 Å². The molecule has 0 spiro atoms. The van der Waals surface area contributed by atoms with Crippen LogP contribution in [0.15, 0.2) is 48.5 Å². The molecule has 204 valence electrons. The van der Waals surface area contributed by atoms with E-state index in [2.05, 4.69) is 94.8 Å². The summed E-state index contributed by atoms with van der Waals surface area (Å²) in [7, 11) is -1.42. The Morgan fingerprint density at radius 1 is 0.757 bits per heavy atom. The molecule has 0 radical (unpaired) electrons. The van der Waals surface area contributed by atoms with Crippen molar-refractivity contribution in [3.8, 4) is 0 Å². The highest BCUT2D eigenvalue weighted by molar-refractivity contribution is 7.84. The Morgan fingerprint density at radius 3 is 1.76 bits per heavy atom. The molecular weight excluding hydrogens is 489 g/mol. The maximum atomic E-state index is 13.5. The minimum Gasteiger partial charge on any atom is -0.242 e. The molecule has 2 saturated carbocycles. The largest absolute Gasteiger partial charge is 0.242 e. The van der Waals surface area contributed by atoms with Gasteiger partial charge in [-0.2, -0.15) is 0 Å². The molecule has 2 aliphatic rings. The molecule has 0 aliphatic heterocycles. The number of rotatable bonds is 7. The molecule has 4 rings (SSSR count). The third-order valence-electron chi connectivity index (χ3n) is 8.35. The van der Waals surface area contributed by atoms with E-state index in [1.807, 2.05) is 0 Å². The van der Waals surface area contributed by atoms with Crippen LogP contribution < -0.4 is 10.0 Å². The Balaban J connectivity index is 1.80. The van der Waals surface area contributed by atoms with Gasteiger partial charge in [-0.15, -0.1) is 0 Å². The fourth-order valence-electron chi connectivity index (χ4n) is 6.15. The summed E-state index contributed by atoms with van der Waals surface area (Å²) in [6.07, 6.45) is 13.9. The maximum absolute atomic E-state index is 13.5. The molecule has 2 aromatic carbocycles. The molecule has 0 heterocycles. The highest BCUT2D eigenvalue weighted by Gasteiger charge is 2.35. The van der Waals surface area contributed by atoms with Crippen molar-refractivity contribution in [1.82, 2.24) is 4.72 Å². The van der Waals surface area contributed by atoms with E-state index in [-0.39, 0.29) is 24.1 Å². The average Bonchev–Trinajstić information content (AvgIpc) is 2.88.